The maximum Gasteiger partial charge on any atom is 0.411 e. The Morgan fingerprint density at radius 2 is 1.98 bits per heavy atom. The Bertz CT molecular complexity index is 1580. The quantitative estimate of drug-likeness (QED) is 0.395. The first-order valence-corrected chi connectivity index (χ1v) is 13.4. The van der Waals surface area contributed by atoms with E-state index in [1.807, 2.05) is 43.5 Å². The molecule has 4 heterocycles. The summed E-state index contributed by atoms with van der Waals surface area (Å²) >= 11 is 0. The second-order valence-electron chi connectivity index (χ2n) is 11.4. The highest BCUT2D eigenvalue weighted by atomic mass is 19.3. The molecule has 3 atom stereocenters. The van der Waals surface area contributed by atoms with Crippen LogP contribution in [0.25, 0.3) is 11.0 Å². The van der Waals surface area contributed by atoms with Crippen LogP contribution in [0.5, 0.6) is 5.75 Å². The first-order valence-electron chi connectivity index (χ1n) is 13.4. The Hall–Kier alpha value is -4.13. The molecule has 0 saturated carbocycles. The number of rotatable bonds is 2. The first-order chi connectivity index (χ1) is 19.0. The van der Waals surface area contributed by atoms with Gasteiger partial charge in [0.1, 0.15) is 17.2 Å². The van der Waals surface area contributed by atoms with Crippen molar-refractivity contribution in [2.45, 2.75) is 70.4 Å². The van der Waals surface area contributed by atoms with Crippen molar-refractivity contribution in [3.05, 3.63) is 58.9 Å². The Labute approximate surface area is 230 Å². The molecule has 0 N–H and O–H groups in total. The number of hydrogen-bond donors (Lipinski definition) is 0. The van der Waals surface area contributed by atoms with E-state index in [-0.39, 0.29) is 29.8 Å². The fourth-order valence-corrected chi connectivity index (χ4v) is 5.98. The Morgan fingerprint density at radius 1 is 1.18 bits per heavy atom. The van der Waals surface area contributed by atoms with E-state index in [9.17, 15) is 18.4 Å². The van der Waals surface area contributed by atoms with Crippen molar-refractivity contribution in [2.24, 2.45) is 0 Å². The molecule has 1 saturated heterocycles. The van der Waals surface area contributed by atoms with E-state index in [2.05, 4.69) is 11.8 Å². The molecule has 6 rings (SSSR count). The Balaban J connectivity index is 1.39. The number of amides is 2. The van der Waals surface area contributed by atoms with Crippen molar-refractivity contribution >= 4 is 23.0 Å². The van der Waals surface area contributed by atoms with E-state index < -0.39 is 18.3 Å². The molecule has 1 aromatic heterocycles. The predicted molar refractivity (Wildman–Crippen MR) is 143 cm³/mol. The van der Waals surface area contributed by atoms with Crippen LogP contribution in [0.15, 0.2) is 36.4 Å². The average molecular weight is 549 g/mol. The van der Waals surface area contributed by atoms with Gasteiger partial charge in [-0.25, -0.2) is 9.78 Å². The molecule has 2 bridgehead atoms. The lowest BCUT2D eigenvalue weighted by atomic mass is 9.97. The summed E-state index contributed by atoms with van der Waals surface area (Å²) in [6.07, 6.45) is 1.76. The molecule has 2 amide bonds. The standard InChI is InChI=1S/C30H30F2N4O4/c1-30(2,3)40-29(38)35-14-6-7-18(35)12-10-17-11-13-20-21(15-17)36-22-16-23(26(36)33-20)34(4)27(37)19-8-5-9-24(25(19)22)39-28(31)32/h5,8-9,11,13,15,18,22-23,28H,6-7,14,16H2,1-4H3/t18-,22+,23+/m0/s1. The summed E-state index contributed by atoms with van der Waals surface area (Å²) in [5.41, 5.74) is 2.47. The summed E-state index contributed by atoms with van der Waals surface area (Å²) in [7, 11) is 1.71. The number of carbonyl (C=O) groups is 2. The van der Waals surface area contributed by atoms with Crippen LogP contribution in [0.4, 0.5) is 13.6 Å². The van der Waals surface area contributed by atoms with Crippen LogP contribution in [0.1, 0.15) is 79.4 Å². The molecule has 0 radical (unpaired) electrons. The van der Waals surface area contributed by atoms with Crippen molar-refractivity contribution in [3.63, 3.8) is 0 Å². The number of aromatic nitrogens is 2. The van der Waals surface area contributed by atoms with Crippen LogP contribution in [0.2, 0.25) is 0 Å². The van der Waals surface area contributed by atoms with Crippen molar-refractivity contribution in [3.8, 4) is 17.6 Å². The van der Waals surface area contributed by atoms with E-state index in [1.165, 1.54) is 6.07 Å². The van der Waals surface area contributed by atoms with Gasteiger partial charge in [-0.1, -0.05) is 17.9 Å². The predicted octanol–water partition coefficient (Wildman–Crippen LogP) is 5.51. The summed E-state index contributed by atoms with van der Waals surface area (Å²) in [5.74, 6) is 6.91. The molecule has 3 aliphatic rings. The normalized spacial score (nSPS) is 21.7. The average Bonchev–Trinajstić information content (AvgIpc) is 3.58. The molecule has 1 fully saturated rings. The summed E-state index contributed by atoms with van der Waals surface area (Å²) in [4.78, 5) is 34.1. The second kappa shape index (κ2) is 9.51. The SMILES string of the molecule is CN1C(=O)c2cccc(OC(F)F)c2[C@H]2C[C@@H]1c1nc3ccc(C#C[C@@H]4CCCN4C(=O)OC(C)(C)C)cc3n12. The highest BCUT2D eigenvalue weighted by molar-refractivity contribution is 5.97. The van der Waals surface area contributed by atoms with Crippen LogP contribution < -0.4 is 4.74 Å². The van der Waals surface area contributed by atoms with Crippen LogP contribution in [0.3, 0.4) is 0 Å². The lowest BCUT2D eigenvalue weighted by Gasteiger charge is -2.26. The van der Waals surface area contributed by atoms with E-state index in [1.54, 1.807) is 29.0 Å². The fourth-order valence-electron chi connectivity index (χ4n) is 5.98. The smallest absolute Gasteiger partial charge is 0.411 e. The minimum Gasteiger partial charge on any atom is -0.444 e. The molecule has 3 aromatic rings. The molecule has 0 unspecified atom stereocenters. The summed E-state index contributed by atoms with van der Waals surface area (Å²) in [6.45, 7) is 3.10. The molecule has 3 aliphatic heterocycles. The van der Waals surface area contributed by atoms with Crippen LogP contribution in [-0.4, -0.2) is 63.2 Å². The number of nitrogens with zero attached hydrogens (tertiary/aromatic N) is 4. The van der Waals surface area contributed by atoms with Crippen molar-refractivity contribution in [2.75, 3.05) is 13.6 Å². The van der Waals surface area contributed by atoms with Gasteiger partial charge < -0.3 is 18.9 Å². The Morgan fingerprint density at radius 3 is 2.73 bits per heavy atom. The van der Waals surface area contributed by atoms with Gasteiger partial charge in [0.15, 0.2) is 0 Å². The lowest BCUT2D eigenvalue weighted by Crippen LogP contribution is -2.39. The van der Waals surface area contributed by atoms with Crippen molar-refractivity contribution in [1.29, 1.82) is 0 Å². The third-order valence-electron chi connectivity index (χ3n) is 7.67. The third kappa shape index (κ3) is 4.43. The molecule has 208 valence electrons. The first kappa shape index (κ1) is 26.1. The van der Waals surface area contributed by atoms with Gasteiger partial charge >= 0.3 is 12.7 Å². The molecule has 40 heavy (non-hydrogen) atoms. The number of ether oxygens (including phenoxy) is 2. The number of imidazole rings is 1. The number of hydrogen-bond acceptors (Lipinski definition) is 5. The molecular formula is C30H30F2N4O4. The maximum absolute atomic E-state index is 13.3. The number of halogens is 2. The topological polar surface area (TPSA) is 76.9 Å². The fraction of sp³-hybridized carbons (Fsp3) is 0.433. The largest absolute Gasteiger partial charge is 0.444 e. The molecule has 0 aliphatic carbocycles. The van der Waals surface area contributed by atoms with Gasteiger partial charge in [0, 0.05) is 36.7 Å². The monoisotopic (exact) mass is 548 g/mol. The molecule has 10 heteroatoms. The zero-order valence-electron chi connectivity index (χ0n) is 22.8. The van der Waals surface area contributed by atoms with Gasteiger partial charge in [-0.2, -0.15) is 8.78 Å². The van der Waals surface area contributed by atoms with Crippen molar-refractivity contribution < 1.29 is 27.8 Å². The highest BCUT2D eigenvalue weighted by Crippen LogP contribution is 2.50. The van der Waals surface area contributed by atoms with Gasteiger partial charge in [-0.3, -0.25) is 9.69 Å². The van der Waals surface area contributed by atoms with Gasteiger partial charge in [0.2, 0.25) is 0 Å². The number of benzene rings is 2. The summed E-state index contributed by atoms with van der Waals surface area (Å²) in [5, 5.41) is 0. The highest BCUT2D eigenvalue weighted by Gasteiger charge is 2.45. The molecule has 2 aromatic carbocycles. The van der Waals surface area contributed by atoms with Crippen LogP contribution >= 0.6 is 0 Å². The van der Waals surface area contributed by atoms with Crippen LogP contribution in [-0.2, 0) is 4.74 Å². The maximum atomic E-state index is 13.3. The van der Waals surface area contributed by atoms with Crippen molar-refractivity contribution in [1.82, 2.24) is 19.4 Å². The Kier molecular flexibility index (Phi) is 6.21. The van der Waals surface area contributed by atoms with Gasteiger partial charge in [0.05, 0.1) is 29.2 Å². The van der Waals surface area contributed by atoms with Gasteiger partial charge in [-0.05, 0) is 63.9 Å². The van der Waals surface area contributed by atoms with Gasteiger partial charge in [-0.15, -0.1) is 0 Å². The minimum atomic E-state index is -3.02. The number of likely N-dealkylation sites (tertiary alicyclic amines) is 1. The molecule has 8 nitrogen and oxygen atoms in total. The zero-order valence-corrected chi connectivity index (χ0v) is 22.8. The zero-order chi connectivity index (χ0) is 28.3. The number of carbonyl (C=O) groups excluding carboxylic acids is 2. The van der Waals surface area contributed by atoms with E-state index in [0.717, 1.165) is 29.4 Å². The molecular weight excluding hydrogens is 518 g/mol. The molecule has 0 spiro atoms. The number of alkyl halides is 2. The second-order valence-corrected chi connectivity index (χ2v) is 11.4. The third-order valence-corrected chi connectivity index (χ3v) is 7.67. The van der Waals surface area contributed by atoms with Gasteiger partial charge in [0.25, 0.3) is 5.91 Å². The van der Waals surface area contributed by atoms with Crippen LogP contribution in [0, 0.1) is 11.8 Å². The van der Waals surface area contributed by atoms with E-state index >= 15 is 0 Å². The number of fused-ring (bicyclic) bond motifs is 9. The summed E-state index contributed by atoms with van der Waals surface area (Å²) in [6, 6.07) is 9.41. The lowest BCUT2D eigenvalue weighted by molar-refractivity contribution is -0.0507. The summed E-state index contributed by atoms with van der Waals surface area (Å²) < 4.78 is 39.1. The van der Waals surface area contributed by atoms with E-state index in [4.69, 9.17) is 14.5 Å². The van der Waals surface area contributed by atoms with E-state index in [0.29, 0.717) is 29.9 Å². The minimum absolute atomic E-state index is 0.00554.